The molecule has 0 spiro atoms. The number of nitrogens with two attached hydrogens (primary N) is 1. The standard InChI is InChI=1S/C20H16FN3/c1-2-13-3-5-15(6-4-13)19-11-17(18(12-22)20(23)24-19)14-7-9-16(21)10-8-14/h3-11H,2H2,1H3,(H2,23,24). The Labute approximate surface area is 140 Å². The predicted molar refractivity (Wildman–Crippen MR) is 93.6 cm³/mol. The number of nitrogens with zero attached hydrogens (tertiary/aromatic N) is 2. The van der Waals surface area contributed by atoms with Crippen molar-refractivity contribution >= 4 is 5.82 Å². The van der Waals surface area contributed by atoms with Crippen molar-refractivity contribution in [3.05, 3.63) is 71.5 Å². The monoisotopic (exact) mass is 317 g/mol. The first-order chi connectivity index (χ1) is 11.6. The fourth-order valence-corrected chi connectivity index (χ4v) is 2.60. The van der Waals surface area contributed by atoms with Crippen LogP contribution in [0.15, 0.2) is 54.6 Å². The molecule has 0 fully saturated rings. The topological polar surface area (TPSA) is 62.7 Å². The Hall–Kier alpha value is -3.19. The lowest BCUT2D eigenvalue weighted by Crippen LogP contribution is -2.00. The maximum Gasteiger partial charge on any atom is 0.142 e. The van der Waals surface area contributed by atoms with Crippen LogP contribution in [0.3, 0.4) is 0 Å². The van der Waals surface area contributed by atoms with E-state index in [9.17, 15) is 9.65 Å². The van der Waals surface area contributed by atoms with E-state index >= 15 is 0 Å². The Morgan fingerprint density at radius 3 is 2.25 bits per heavy atom. The van der Waals surface area contributed by atoms with Gasteiger partial charge in [-0.1, -0.05) is 43.3 Å². The molecule has 3 nitrogen and oxygen atoms in total. The molecule has 1 heterocycles. The molecular weight excluding hydrogens is 301 g/mol. The summed E-state index contributed by atoms with van der Waals surface area (Å²) in [6.45, 7) is 2.10. The summed E-state index contributed by atoms with van der Waals surface area (Å²) in [5.41, 5.74) is 10.5. The van der Waals surface area contributed by atoms with E-state index in [2.05, 4.69) is 18.0 Å². The van der Waals surface area contributed by atoms with Crippen molar-refractivity contribution in [2.45, 2.75) is 13.3 Å². The zero-order chi connectivity index (χ0) is 17.1. The Morgan fingerprint density at radius 2 is 1.67 bits per heavy atom. The first-order valence-electron chi connectivity index (χ1n) is 7.68. The van der Waals surface area contributed by atoms with E-state index in [4.69, 9.17) is 5.73 Å². The van der Waals surface area contributed by atoms with Gasteiger partial charge < -0.3 is 5.73 Å². The largest absolute Gasteiger partial charge is 0.383 e. The van der Waals surface area contributed by atoms with Gasteiger partial charge in [0.1, 0.15) is 23.3 Å². The number of nitrogen functional groups attached to an aromatic ring is 1. The molecule has 0 saturated carbocycles. The average Bonchev–Trinajstić information content (AvgIpc) is 2.62. The third-order valence-electron chi connectivity index (χ3n) is 3.97. The second-order valence-corrected chi connectivity index (χ2v) is 5.48. The van der Waals surface area contributed by atoms with Crippen LogP contribution in [0.25, 0.3) is 22.4 Å². The highest BCUT2D eigenvalue weighted by Crippen LogP contribution is 2.31. The Morgan fingerprint density at radius 1 is 1.04 bits per heavy atom. The molecule has 3 aromatic rings. The molecular formula is C20H16FN3. The van der Waals surface area contributed by atoms with Gasteiger partial charge in [0.2, 0.25) is 0 Å². The minimum atomic E-state index is -0.324. The first kappa shape index (κ1) is 15.7. The summed E-state index contributed by atoms with van der Waals surface area (Å²) in [6, 6.07) is 18.0. The quantitative estimate of drug-likeness (QED) is 0.769. The normalized spacial score (nSPS) is 10.4. The maximum absolute atomic E-state index is 13.2. The molecule has 0 aliphatic carbocycles. The van der Waals surface area contributed by atoms with E-state index in [1.807, 2.05) is 30.3 Å². The minimum Gasteiger partial charge on any atom is -0.383 e. The van der Waals surface area contributed by atoms with Gasteiger partial charge in [-0.3, -0.25) is 0 Å². The van der Waals surface area contributed by atoms with E-state index in [1.54, 1.807) is 12.1 Å². The van der Waals surface area contributed by atoms with E-state index in [0.717, 1.165) is 17.5 Å². The fraction of sp³-hybridized carbons (Fsp3) is 0.100. The van der Waals surface area contributed by atoms with Gasteiger partial charge in [-0.15, -0.1) is 0 Å². The van der Waals surface area contributed by atoms with Crippen molar-refractivity contribution in [1.82, 2.24) is 4.98 Å². The van der Waals surface area contributed by atoms with Crippen molar-refractivity contribution in [2.75, 3.05) is 5.73 Å². The molecule has 0 radical (unpaired) electrons. The molecule has 24 heavy (non-hydrogen) atoms. The van der Waals surface area contributed by atoms with Gasteiger partial charge in [-0.05, 0) is 35.7 Å². The minimum absolute atomic E-state index is 0.175. The first-order valence-corrected chi connectivity index (χ1v) is 7.68. The van der Waals surface area contributed by atoms with Crippen molar-refractivity contribution in [3.8, 4) is 28.5 Å². The van der Waals surface area contributed by atoms with Crippen LogP contribution in [0.2, 0.25) is 0 Å². The molecule has 3 rings (SSSR count). The van der Waals surface area contributed by atoms with Crippen molar-refractivity contribution in [3.63, 3.8) is 0 Å². The highest BCUT2D eigenvalue weighted by Gasteiger charge is 2.13. The van der Waals surface area contributed by atoms with Gasteiger partial charge in [0.05, 0.1) is 5.69 Å². The van der Waals surface area contributed by atoms with Gasteiger partial charge >= 0.3 is 0 Å². The molecule has 2 aromatic carbocycles. The number of halogens is 1. The summed E-state index contributed by atoms with van der Waals surface area (Å²) in [5.74, 6) is -0.149. The van der Waals surface area contributed by atoms with Crippen molar-refractivity contribution in [2.24, 2.45) is 0 Å². The number of aromatic nitrogens is 1. The molecule has 1 aromatic heterocycles. The van der Waals surface area contributed by atoms with Gasteiger partial charge in [0, 0.05) is 11.1 Å². The van der Waals surface area contributed by atoms with E-state index in [-0.39, 0.29) is 11.6 Å². The molecule has 0 bridgehead atoms. The van der Waals surface area contributed by atoms with Gasteiger partial charge in [-0.2, -0.15) is 5.26 Å². The number of benzene rings is 2. The fourth-order valence-electron chi connectivity index (χ4n) is 2.60. The third-order valence-corrected chi connectivity index (χ3v) is 3.97. The smallest absolute Gasteiger partial charge is 0.142 e. The summed E-state index contributed by atoms with van der Waals surface area (Å²) >= 11 is 0. The van der Waals surface area contributed by atoms with Gasteiger partial charge in [0.15, 0.2) is 0 Å². The van der Waals surface area contributed by atoms with E-state index in [1.165, 1.54) is 17.7 Å². The van der Waals surface area contributed by atoms with Crippen molar-refractivity contribution in [1.29, 1.82) is 5.26 Å². The summed E-state index contributed by atoms with van der Waals surface area (Å²) in [4.78, 5) is 4.35. The highest BCUT2D eigenvalue weighted by atomic mass is 19.1. The summed E-state index contributed by atoms with van der Waals surface area (Å²) < 4.78 is 13.2. The van der Waals surface area contributed by atoms with Crippen LogP contribution < -0.4 is 5.73 Å². The Balaban J connectivity index is 2.15. The lowest BCUT2D eigenvalue weighted by Gasteiger charge is -2.10. The van der Waals surface area contributed by atoms with Crippen LogP contribution in [-0.2, 0) is 6.42 Å². The zero-order valence-corrected chi connectivity index (χ0v) is 13.3. The number of anilines is 1. The predicted octanol–water partition coefficient (Wildman–Crippen LogP) is 4.57. The summed E-state index contributed by atoms with van der Waals surface area (Å²) in [5, 5.41) is 9.40. The molecule has 0 aliphatic heterocycles. The van der Waals surface area contributed by atoms with Gasteiger partial charge in [-0.25, -0.2) is 9.37 Å². The number of pyridine rings is 1. The molecule has 0 unspecified atom stereocenters. The molecule has 4 heteroatoms. The zero-order valence-electron chi connectivity index (χ0n) is 13.3. The highest BCUT2D eigenvalue weighted by molar-refractivity contribution is 5.80. The van der Waals surface area contributed by atoms with E-state index in [0.29, 0.717) is 16.8 Å². The second-order valence-electron chi connectivity index (χ2n) is 5.48. The molecule has 118 valence electrons. The summed E-state index contributed by atoms with van der Waals surface area (Å²) in [6.07, 6.45) is 0.962. The summed E-state index contributed by atoms with van der Waals surface area (Å²) in [7, 11) is 0. The second kappa shape index (κ2) is 6.51. The lowest BCUT2D eigenvalue weighted by atomic mass is 9.98. The number of aryl methyl sites for hydroxylation is 1. The van der Waals surface area contributed by atoms with E-state index < -0.39 is 0 Å². The van der Waals surface area contributed by atoms with Crippen LogP contribution in [0.4, 0.5) is 10.2 Å². The number of hydrogen-bond donors (Lipinski definition) is 1. The number of nitriles is 1. The van der Waals surface area contributed by atoms with Crippen molar-refractivity contribution < 1.29 is 4.39 Å². The Kier molecular flexibility index (Phi) is 4.26. The van der Waals surface area contributed by atoms with Crippen LogP contribution in [-0.4, -0.2) is 4.98 Å². The molecule has 0 saturated heterocycles. The third kappa shape index (κ3) is 2.97. The van der Waals surface area contributed by atoms with Crippen LogP contribution in [0.1, 0.15) is 18.1 Å². The van der Waals surface area contributed by atoms with Crippen LogP contribution in [0, 0.1) is 17.1 Å². The number of hydrogen-bond acceptors (Lipinski definition) is 3. The molecule has 0 aliphatic rings. The average molecular weight is 317 g/mol. The van der Waals surface area contributed by atoms with Gasteiger partial charge in [0.25, 0.3) is 0 Å². The SMILES string of the molecule is CCc1ccc(-c2cc(-c3ccc(F)cc3)c(C#N)c(N)n2)cc1. The Bertz CT molecular complexity index is 907. The maximum atomic E-state index is 13.2. The van der Waals surface area contributed by atoms with Crippen LogP contribution in [0.5, 0.6) is 0 Å². The van der Waals surface area contributed by atoms with Crippen LogP contribution >= 0.6 is 0 Å². The molecule has 0 atom stereocenters. The molecule has 0 amide bonds. The number of rotatable bonds is 3. The lowest BCUT2D eigenvalue weighted by molar-refractivity contribution is 0.628. The molecule has 2 N–H and O–H groups in total.